The Morgan fingerprint density at radius 2 is 0.886 bits per heavy atom. The Morgan fingerprint density at radius 3 is 1.23 bits per heavy atom. The summed E-state index contributed by atoms with van der Waals surface area (Å²) in [6.45, 7) is 2.48. The number of allylic oxidation sites excluding steroid dienone is 4. The van der Waals surface area contributed by atoms with Crippen LogP contribution in [0.5, 0.6) is 0 Å². The monoisotopic (exact) mass is 512 g/mol. The first-order valence-corrected chi connectivity index (χ1v) is 18.8. The summed E-state index contributed by atoms with van der Waals surface area (Å²) in [5, 5.41) is 5.52. The molecule has 1 saturated heterocycles. The zero-order valence-corrected chi connectivity index (χ0v) is 22.5. The molecular weight excluding hydrogens is 482 g/mol. The third-order valence-corrected chi connectivity index (χ3v) is 36.3. The Balaban J connectivity index is 1.94. The topological polar surface area (TPSA) is 0 Å². The van der Waals surface area contributed by atoms with Crippen LogP contribution in [0.25, 0.3) is 0 Å². The fourth-order valence-electron chi connectivity index (χ4n) is 7.76. The average molecular weight is 513 g/mol. The molecule has 0 amide bonds. The van der Waals surface area contributed by atoms with Gasteiger partial charge in [-0.05, 0) is 0 Å². The Hall–Kier alpha value is -2.49. The van der Waals surface area contributed by atoms with E-state index >= 15 is 0 Å². The zero-order valence-electron chi connectivity index (χ0n) is 20.0. The molecule has 6 rings (SSSR count). The predicted octanol–water partition coefficient (Wildman–Crippen LogP) is 7.36. The first-order valence-electron chi connectivity index (χ1n) is 12.4. The predicted molar refractivity (Wildman–Crippen MR) is 160 cm³/mol. The quantitative estimate of drug-likeness (QED) is 0.245. The van der Waals surface area contributed by atoms with Crippen molar-refractivity contribution in [1.29, 1.82) is 0 Å². The standard InChI is InChI=1S/C32H31ClP2/c1-27-26-34(33,28-16-6-2-7-17-28,29-18-8-3-9-19-29)35(27,32-24-14-15-25-32,30-20-10-4-11-21-30)31-22-12-5-13-23-31/h2-25,27,32H,26H2,1H3. The van der Waals surface area contributed by atoms with Crippen LogP contribution < -0.4 is 21.2 Å². The van der Waals surface area contributed by atoms with Gasteiger partial charge in [-0.25, -0.2) is 0 Å². The molecule has 1 heterocycles. The third kappa shape index (κ3) is 2.42. The molecule has 0 spiro atoms. The van der Waals surface area contributed by atoms with E-state index < -0.39 is 11.9 Å². The van der Waals surface area contributed by atoms with Crippen molar-refractivity contribution in [3.05, 3.63) is 146 Å². The van der Waals surface area contributed by atoms with E-state index in [1.54, 1.807) is 0 Å². The molecule has 0 saturated carbocycles. The van der Waals surface area contributed by atoms with E-state index in [0.717, 1.165) is 6.16 Å². The van der Waals surface area contributed by atoms with Gasteiger partial charge in [-0.2, -0.15) is 0 Å². The van der Waals surface area contributed by atoms with E-state index in [2.05, 4.69) is 153 Å². The summed E-state index contributed by atoms with van der Waals surface area (Å²) in [6, 6.07) is 44.9. The number of rotatable bonds is 5. The molecule has 0 bridgehead atoms. The first kappa shape index (κ1) is 22.9. The van der Waals surface area contributed by atoms with E-state index in [9.17, 15) is 0 Å². The maximum absolute atomic E-state index is 8.86. The molecule has 4 aromatic carbocycles. The van der Waals surface area contributed by atoms with Gasteiger partial charge < -0.3 is 0 Å². The molecule has 0 N–H and O–H groups in total. The van der Waals surface area contributed by atoms with Crippen LogP contribution in [0.4, 0.5) is 0 Å². The van der Waals surface area contributed by atoms with Gasteiger partial charge in [0.05, 0.1) is 0 Å². The van der Waals surface area contributed by atoms with Gasteiger partial charge in [0.25, 0.3) is 0 Å². The minimum atomic E-state index is -3.37. The van der Waals surface area contributed by atoms with Crippen LogP contribution in [0.2, 0.25) is 0 Å². The number of hydrogen-bond acceptors (Lipinski definition) is 0. The summed E-state index contributed by atoms with van der Waals surface area (Å²) >= 11 is 8.86. The Labute approximate surface area is 213 Å². The van der Waals surface area contributed by atoms with Crippen LogP contribution in [0.1, 0.15) is 6.92 Å². The second-order valence-corrected chi connectivity index (χ2v) is 26.7. The molecule has 1 unspecified atom stereocenters. The number of halogens is 1. The summed E-state index contributed by atoms with van der Waals surface area (Å²) in [5.41, 5.74) is -2.70. The van der Waals surface area contributed by atoms with Gasteiger partial charge in [-0.3, -0.25) is 0 Å². The summed E-state index contributed by atoms with van der Waals surface area (Å²) in [5.74, 6) is 0. The van der Waals surface area contributed by atoms with E-state index in [-0.39, 0.29) is 5.66 Å². The summed E-state index contributed by atoms with van der Waals surface area (Å²) in [4.78, 5) is 0. The van der Waals surface area contributed by atoms with E-state index in [1.807, 2.05) is 0 Å². The van der Waals surface area contributed by atoms with E-state index in [0.29, 0.717) is 5.66 Å². The van der Waals surface area contributed by atoms with Crippen molar-refractivity contribution in [3.8, 4) is 0 Å². The fourth-order valence-corrected chi connectivity index (χ4v) is 40.3. The first-order chi connectivity index (χ1) is 17.1. The van der Waals surface area contributed by atoms with Crippen molar-refractivity contribution in [2.75, 3.05) is 6.16 Å². The van der Waals surface area contributed by atoms with Crippen molar-refractivity contribution >= 4 is 44.4 Å². The normalized spacial score (nSPS) is 25.4. The van der Waals surface area contributed by atoms with Crippen molar-refractivity contribution in [2.45, 2.75) is 18.2 Å². The van der Waals surface area contributed by atoms with Crippen molar-refractivity contribution in [1.82, 2.24) is 0 Å². The van der Waals surface area contributed by atoms with Crippen LogP contribution in [0.3, 0.4) is 0 Å². The molecule has 1 atom stereocenters. The van der Waals surface area contributed by atoms with E-state index in [1.165, 1.54) is 21.2 Å². The van der Waals surface area contributed by atoms with Gasteiger partial charge in [-0.15, -0.1) is 0 Å². The van der Waals surface area contributed by atoms with Crippen molar-refractivity contribution in [3.63, 3.8) is 0 Å². The molecule has 35 heavy (non-hydrogen) atoms. The van der Waals surface area contributed by atoms with Gasteiger partial charge in [0, 0.05) is 0 Å². The second-order valence-electron chi connectivity index (χ2n) is 9.98. The molecular formula is C32H31ClP2. The number of benzene rings is 4. The minimum absolute atomic E-state index is 0.241. The molecule has 0 aromatic heterocycles. The van der Waals surface area contributed by atoms with Crippen molar-refractivity contribution in [2.24, 2.45) is 0 Å². The Morgan fingerprint density at radius 1 is 0.543 bits per heavy atom. The van der Waals surface area contributed by atoms with Crippen LogP contribution >= 0.6 is 23.2 Å². The molecule has 2 aliphatic rings. The SMILES string of the molecule is CC1CP(Cl)(c2ccccc2)(c2ccccc2)P1(c1ccccc1)(c1ccccc1)C1C=CC=C1. The zero-order chi connectivity index (χ0) is 24.0. The molecule has 4 aromatic rings. The third-order valence-electron chi connectivity index (χ3n) is 8.88. The summed E-state index contributed by atoms with van der Waals surface area (Å²) < 4.78 is 0. The van der Waals surface area contributed by atoms with Gasteiger partial charge >= 0.3 is 214 Å². The van der Waals surface area contributed by atoms with Crippen LogP contribution in [0, 0.1) is 0 Å². The fraction of sp³-hybridized carbons (Fsp3) is 0.125. The van der Waals surface area contributed by atoms with E-state index in [4.69, 9.17) is 11.2 Å². The Kier molecular flexibility index (Phi) is 5.25. The molecule has 176 valence electrons. The van der Waals surface area contributed by atoms with Crippen LogP contribution in [-0.4, -0.2) is 17.5 Å². The molecule has 3 heteroatoms. The van der Waals surface area contributed by atoms with Crippen LogP contribution in [-0.2, 0) is 0 Å². The van der Waals surface area contributed by atoms with Gasteiger partial charge in [0.1, 0.15) is 0 Å². The van der Waals surface area contributed by atoms with Gasteiger partial charge in [-0.1, -0.05) is 0 Å². The molecule has 0 radical (unpaired) electrons. The average Bonchev–Trinajstić information content (AvgIpc) is 3.47. The number of hydrogen-bond donors (Lipinski definition) is 0. The van der Waals surface area contributed by atoms with Gasteiger partial charge in [0.15, 0.2) is 0 Å². The molecule has 1 aliphatic heterocycles. The molecule has 1 aliphatic carbocycles. The summed E-state index contributed by atoms with van der Waals surface area (Å²) in [6.07, 6.45) is 7.16. The molecule has 1 fully saturated rings. The summed E-state index contributed by atoms with van der Waals surface area (Å²) in [7, 11) is 0. The van der Waals surface area contributed by atoms with Crippen LogP contribution in [0.15, 0.2) is 146 Å². The van der Waals surface area contributed by atoms with Gasteiger partial charge in [0.2, 0.25) is 0 Å². The maximum atomic E-state index is 8.86. The second kappa shape index (κ2) is 8.01. The Bertz CT molecular complexity index is 1320. The van der Waals surface area contributed by atoms with Crippen molar-refractivity contribution < 1.29 is 0 Å². The molecule has 0 nitrogen and oxygen atoms in total.